The van der Waals surface area contributed by atoms with Crippen molar-refractivity contribution < 1.29 is 19.1 Å². The summed E-state index contributed by atoms with van der Waals surface area (Å²) in [4.78, 5) is 21.7. The molecule has 0 amide bonds. The molecule has 1 aromatic carbocycles. The number of esters is 2. The molecule has 0 aliphatic rings. The minimum Gasteiger partial charge on any atom is -0.461 e. The Morgan fingerprint density at radius 3 is 2.36 bits per heavy atom. The van der Waals surface area contributed by atoms with Crippen LogP contribution in [0.15, 0.2) is 24.3 Å². The van der Waals surface area contributed by atoms with E-state index in [1.807, 2.05) is 6.07 Å². The Morgan fingerprint density at radius 1 is 1.14 bits per heavy atom. The first-order valence-corrected chi connectivity index (χ1v) is 4.01. The van der Waals surface area contributed by atoms with Crippen LogP contribution in [0.1, 0.15) is 5.56 Å². The van der Waals surface area contributed by atoms with Crippen molar-refractivity contribution in [2.75, 3.05) is 7.11 Å². The number of ether oxygens (including phenoxy) is 2. The highest BCUT2D eigenvalue weighted by Crippen LogP contribution is 2.16. The molecule has 1 rings (SSSR count). The first-order valence-electron chi connectivity index (χ1n) is 4.01. The summed E-state index contributed by atoms with van der Waals surface area (Å²) < 4.78 is 8.99. The van der Waals surface area contributed by atoms with E-state index in [1.54, 1.807) is 25.1 Å². The lowest BCUT2D eigenvalue weighted by Crippen LogP contribution is -2.21. The Balaban J connectivity index is 2.75. The standard InChI is InChI=1S/C10H10O4/c1-7-5-3-4-6-8(7)14-10(12)9(11)13-2/h3-6H,1-2H3. The van der Waals surface area contributed by atoms with Gasteiger partial charge in [0.25, 0.3) is 0 Å². The number of benzene rings is 1. The lowest BCUT2D eigenvalue weighted by molar-refractivity contribution is -0.160. The average molecular weight is 194 g/mol. The van der Waals surface area contributed by atoms with Gasteiger partial charge in [-0.25, -0.2) is 9.59 Å². The van der Waals surface area contributed by atoms with Crippen molar-refractivity contribution >= 4 is 11.9 Å². The van der Waals surface area contributed by atoms with Gasteiger partial charge >= 0.3 is 11.9 Å². The molecule has 0 saturated heterocycles. The Morgan fingerprint density at radius 2 is 1.79 bits per heavy atom. The zero-order valence-electron chi connectivity index (χ0n) is 7.94. The maximum atomic E-state index is 11.0. The number of rotatable bonds is 1. The summed E-state index contributed by atoms with van der Waals surface area (Å²) in [5.41, 5.74) is 0.782. The molecule has 4 heteroatoms. The average Bonchev–Trinajstić information content (AvgIpc) is 2.20. The Bertz CT molecular complexity index is 357. The molecule has 0 N–H and O–H groups in total. The molecule has 14 heavy (non-hydrogen) atoms. The monoisotopic (exact) mass is 194 g/mol. The highest BCUT2D eigenvalue weighted by molar-refractivity contribution is 6.30. The van der Waals surface area contributed by atoms with Crippen LogP contribution in [0.3, 0.4) is 0 Å². The van der Waals surface area contributed by atoms with Gasteiger partial charge in [0.2, 0.25) is 0 Å². The van der Waals surface area contributed by atoms with Crippen LogP contribution < -0.4 is 4.74 Å². The maximum absolute atomic E-state index is 11.0. The lowest BCUT2D eigenvalue weighted by atomic mass is 10.2. The summed E-state index contributed by atoms with van der Waals surface area (Å²) >= 11 is 0. The first kappa shape index (κ1) is 10.2. The van der Waals surface area contributed by atoms with E-state index in [2.05, 4.69) is 4.74 Å². The van der Waals surface area contributed by atoms with E-state index >= 15 is 0 Å². The van der Waals surface area contributed by atoms with Crippen molar-refractivity contribution in [2.45, 2.75) is 6.92 Å². The van der Waals surface area contributed by atoms with Gasteiger partial charge in [0.1, 0.15) is 5.75 Å². The van der Waals surface area contributed by atoms with Crippen LogP contribution in [0.2, 0.25) is 0 Å². The molecule has 0 aromatic heterocycles. The molecule has 0 aliphatic heterocycles. The van der Waals surface area contributed by atoms with Crippen LogP contribution in [0.25, 0.3) is 0 Å². The van der Waals surface area contributed by atoms with Gasteiger partial charge in [-0.2, -0.15) is 0 Å². The molecule has 74 valence electrons. The van der Waals surface area contributed by atoms with Gasteiger partial charge < -0.3 is 9.47 Å². The summed E-state index contributed by atoms with van der Waals surface area (Å²) in [7, 11) is 1.13. The Kier molecular flexibility index (Phi) is 3.23. The van der Waals surface area contributed by atoms with E-state index in [9.17, 15) is 9.59 Å². The number of aryl methyl sites for hydroxylation is 1. The van der Waals surface area contributed by atoms with Gasteiger partial charge in [-0.1, -0.05) is 18.2 Å². The third-order valence-corrected chi connectivity index (χ3v) is 1.65. The molecule has 0 radical (unpaired) electrons. The van der Waals surface area contributed by atoms with Crippen molar-refractivity contribution in [2.24, 2.45) is 0 Å². The number of carbonyl (C=O) groups is 2. The van der Waals surface area contributed by atoms with E-state index in [1.165, 1.54) is 0 Å². The molecule has 0 fully saturated rings. The van der Waals surface area contributed by atoms with Gasteiger partial charge in [-0.15, -0.1) is 0 Å². The number of hydrogen-bond acceptors (Lipinski definition) is 4. The summed E-state index contributed by atoms with van der Waals surface area (Å²) in [5.74, 6) is -1.65. The number of carbonyl (C=O) groups excluding carboxylic acids is 2. The maximum Gasteiger partial charge on any atom is 0.422 e. The number of methoxy groups -OCH3 is 1. The van der Waals surface area contributed by atoms with E-state index in [4.69, 9.17) is 4.74 Å². The van der Waals surface area contributed by atoms with Gasteiger partial charge in [-0.05, 0) is 18.6 Å². The lowest BCUT2D eigenvalue weighted by Gasteiger charge is -2.04. The second kappa shape index (κ2) is 4.41. The molecular weight excluding hydrogens is 184 g/mol. The topological polar surface area (TPSA) is 52.6 Å². The highest BCUT2D eigenvalue weighted by atomic mass is 16.6. The van der Waals surface area contributed by atoms with Crippen molar-refractivity contribution in [1.29, 1.82) is 0 Å². The predicted molar refractivity (Wildman–Crippen MR) is 48.8 cm³/mol. The van der Waals surface area contributed by atoms with E-state index in [0.29, 0.717) is 5.75 Å². The molecule has 4 nitrogen and oxygen atoms in total. The normalized spacial score (nSPS) is 9.29. The molecule has 0 bridgehead atoms. The molecular formula is C10H10O4. The summed E-state index contributed by atoms with van der Waals surface area (Å²) in [6.45, 7) is 1.78. The molecule has 0 spiro atoms. The van der Waals surface area contributed by atoms with E-state index < -0.39 is 11.9 Å². The minimum atomic E-state index is -1.01. The van der Waals surface area contributed by atoms with Crippen LogP contribution in [-0.4, -0.2) is 19.0 Å². The van der Waals surface area contributed by atoms with E-state index in [-0.39, 0.29) is 0 Å². The third kappa shape index (κ3) is 2.32. The molecule has 1 aromatic rings. The van der Waals surface area contributed by atoms with Gasteiger partial charge in [0.15, 0.2) is 0 Å². The summed E-state index contributed by atoms with van der Waals surface area (Å²) in [6.07, 6.45) is 0. The number of hydrogen-bond donors (Lipinski definition) is 0. The first-order chi connectivity index (χ1) is 6.65. The molecule has 0 heterocycles. The van der Waals surface area contributed by atoms with Gasteiger partial charge in [-0.3, -0.25) is 0 Å². The Labute approximate surface area is 81.4 Å². The van der Waals surface area contributed by atoms with Crippen LogP contribution in [0.4, 0.5) is 0 Å². The fraction of sp³-hybridized carbons (Fsp3) is 0.200. The van der Waals surface area contributed by atoms with Crippen LogP contribution in [0.5, 0.6) is 5.75 Å². The second-order valence-electron chi connectivity index (χ2n) is 2.65. The van der Waals surface area contributed by atoms with Crippen LogP contribution >= 0.6 is 0 Å². The SMILES string of the molecule is COC(=O)C(=O)Oc1ccccc1C. The zero-order valence-corrected chi connectivity index (χ0v) is 7.94. The van der Waals surface area contributed by atoms with Crippen molar-refractivity contribution in [3.8, 4) is 5.75 Å². The second-order valence-corrected chi connectivity index (χ2v) is 2.65. The fourth-order valence-electron chi connectivity index (χ4n) is 0.896. The third-order valence-electron chi connectivity index (χ3n) is 1.65. The van der Waals surface area contributed by atoms with Crippen molar-refractivity contribution in [1.82, 2.24) is 0 Å². The molecule has 0 atom stereocenters. The van der Waals surface area contributed by atoms with Crippen molar-refractivity contribution in [3.63, 3.8) is 0 Å². The summed E-state index contributed by atoms with van der Waals surface area (Å²) in [5, 5.41) is 0. The zero-order chi connectivity index (χ0) is 10.6. The van der Waals surface area contributed by atoms with E-state index in [0.717, 1.165) is 12.7 Å². The summed E-state index contributed by atoms with van der Waals surface area (Å²) in [6, 6.07) is 6.91. The molecule has 0 saturated carbocycles. The van der Waals surface area contributed by atoms with Crippen LogP contribution in [0, 0.1) is 6.92 Å². The predicted octanol–water partition coefficient (Wildman–Crippen LogP) is 1.07. The fourth-order valence-corrected chi connectivity index (χ4v) is 0.896. The molecule has 0 aliphatic carbocycles. The smallest absolute Gasteiger partial charge is 0.422 e. The molecule has 0 unspecified atom stereocenters. The Hall–Kier alpha value is -1.84. The largest absolute Gasteiger partial charge is 0.461 e. The minimum absolute atomic E-state index is 0.364. The van der Waals surface area contributed by atoms with Crippen LogP contribution in [-0.2, 0) is 14.3 Å². The quantitative estimate of drug-likeness (QED) is 0.381. The van der Waals surface area contributed by atoms with Gasteiger partial charge in [0, 0.05) is 0 Å². The number of para-hydroxylation sites is 1. The van der Waals surface area contributed by atoms with Crippen molar-refractivity contribution in [3.05, 3.63) is 29.8 Å². The van der Waals surface area contributed by atoms with Gasteiger partial charge in [0.05, 0.1) is 7.11 Å². The highest BCUT2D eigenvalue weighted by Gasteiger charge is 2.17.